The summed E-state index contributed by atoms with van der Waals surface area (Å²) >= 11 is 8.30. The molecular formula is C15H19ClINO. The fourth-order valence-corrected chi connectivity index (χ4v) is 3.90. The lowest BCUT2D eigenvalue weighted by atomic mass is 9.78. The summed E-state index contributed by atoms with van der Waals surface area (Å²) in [5, 5.41) is 3.70. The zero-order valence-corrected chi connectivity index (χ0v) is 14.2. The van der Waals surface area contributed by atoms with Crippen molar-refractivity contribution in [3.63, 3.8) is 0 Å². The van der Waals surface area contributed by atoms with Crippen LogP contribution in [0.1, 0.15) is 43.5 Å². The van der Waals surface area contributed by atoms with Crippen molar-refractivity contribution in [2.45, 2.75) is 39.2 Å². The lowest BCUT2D eigenvalue weighted by Crippen LogP contribution is -2.44. The van der Waals surface area contributed by atoms with E-state index >= 15 is 0 Å². The molecule has 1 aromatic rings. The molecule has 1 fully saturated rings. The Morgan fingerprint density at radius 1 is 1.37 bits per heavy atom. The third-order valence-electron chi connectivity index (χ3n) is 4.21. The number of halogens is 2. The Kier molecular flexibility index (Phi) is 5.12. The molecule has 2 rings (SSSR count). The molecule has 1 saturated carbocycles. The first-order valence-corrected chi connectivity index (χ1v) is 8.21. The highest BCUT2D eigenvalue weighted by molar-refractivity contribution is 14.1. The first-order chi connectivity index (χ1) is 9.00. The smallest absolute Gasteiger partial charge is 0.254 e. The van der Waals surface area contributed by atoms with Crippen molar-refractivity contribution in [2.24, 2.45) is 11.8 Å². The second kappa shape index (κ2) is 6.44. The summed E-state index contributed by atoms with van der Waals surface area (Å²) in [5.41, 5.74) is 0.607. The molecule has 2 nitrogen and oxygen atoms in total. The van der Waals surface area contributed by atoms with Crippen LogP contribution in [0.3, 0.4) is 0 Å². The van der Waals surface area contributed by atoms with E-state index in [9.17, 15) is 4.79 Å². The molecule has 1 N–H and O–H groups in total. The highest BCUT2D eigenvalue weighted by atomic mass is 127. The molecule has 1 amide bonds. The second-order valence-corrected chi connectivity index (χ2v) is 7.01. The Morgan fingerprint density at radius 2 is 2.11 bits per heavy atom. The van der Waals surface area contributed by atoms with Crippen molar-refractivity contribution < 1.29 is 4.79 Å². The normalized spacial score (nSPS) is 27.1. The van der Waals surface area contributed by atoms with E-state index in [1.54, 1.807) is 6.07 Å². The number of benzene rings is 1. The largest absolute Gasteiger partial charge is 0.349 e. The Morgan fingerprint density at radius 3 is 2.79 bits per heavy atom. The summed E-state index contributed by atoms with van der Waals surface area (Å²) in [7, 11) is 0. The van der Waals surface area contributed by atoms with Gasteiger partial charge in [0.15, 0.2) is 0 Å². The fourth-order valence-electron chi connectivity index (χ4n) is 2.74. The summed E-state index contributed by atoms with van der Waals surface area (Å²) in [4.78, 5) is 12.4. The van der Waals surface area contributed by atoms with E-state index in [4.69, 9.17) is 11.6 Å². The molecule has 0 aliphatic heterocycles. The molecule has 0 bridgehead atoms. The molecule has 0 heterocycles. The maximum atomic E-state index is 12.4. The molecule has 19 heavy (non-hydrogen) atoms. The number of amides is 1. The van der Waals surface area contributed by atoms with Gasteiger partial charge in [-0.1, -0.05) is 44.4 Å². The highest BCUT2D eigenvalue weighted by Gasteiger charge is 2.29. The Hall–Kier alpha value is -0.290. The van der Waals surface area contributed by atoms with Gasteiger partial charge < -0.3 is 5.32 Å². The van der Waals surface area contributed by atoms with Gasteiger partial charge in [-0.15, -0.1) is 0 Å². The van der Waals surface area contributed by atoms with Crippen molar-refractivity contribution in [1.29, 1.82) is 0 Å². The third kappa shape index (κ3) is 3.43. The van der Waals surface area contributed by atoms with Gasteiger partial charge in [0.05, 0.1) is 10.6 Å². The summed E-state index contributed by atoms with van der Waals surface area (Å²) in [6.45, 7) is 4.49. The van der Waals surface area contributed by atoms with Crippen molar-refractivity contribution >= 4 is 40.1 Å². The molecule has 0 saturated heterocycles. The summed E-state index contributed by atoms with van der Waals surface area (Å²) in [5.74, 6) is 1.16. The molecular weight excluding hydrogens is 373 g/mol. The van der Waals surface area contributed by atoms with E-state index in [1.165, 1.54) is 12.8 Å². The molecule has 1 aliphatic carbocycles. The average molecular weight is 392 g/mol. The first-order valence-electron chi connectivity index (χ1n) is 6.75. The standard InChI is InChI=1S/C15H19ClINO/c1-9-5-3-8-13(10(9)2)18-15(19)14-11(16)6-4-7-12(14)17/h4,6-7,9-10,13H,3,5,8H2,1-2H3,(H,18,19). The first kappa shape index (κ1) is 15.1. The Bertz CT molecular complexity index is 457. The summed E-state index contributed by atoms with van der Waals surface area (Å²) in [6.07, 6.45) is 3.52. The van der Waals surface area contributed by atoms with Crippen molar-refractivity contribution in [1.82, 2.24) is 5.32 Å². The zero-order valence-electron chi connectivity index (χ0n) is 11.2. The van der Waals surface area contributed by atoms with E-state index in [2.05, 4.69) is 41.8 Å². The maximum absolute atomic E-state index is 12.4. The van der Waals surface area contributed by atoms with Crippen molar-refractivity contribution in [3.05, 3.63) is 32.4 Å². The number of hydrogen-bond donors (Lipinski definition) is 1. The van der Waals surface area contributed by atoms with Gasteiger partial charge >= 0.3 is 0 Å². The van der Waals surface area contributed by atoms with E-state index < -0.39 is 0 Å². The van der Waals surface area contributed by atoms with Gasteiger partial charge in [-0.05, 0) is 53.0 Å². The topological polar surface area (TPSA) is 29.1 Å². The molecule has 1 aromatic carbocycles. The molecule has 0 radical (unpaired) electrons. The van der Waals surface area contributed by atoms with Crippen LogP contribution in [0.5, 0.6) is 0 Å². The number of carbonyl (C=O) groups is 1. The second-order valence-electron chi connectivity index (χ2n) is 5.44. The van der Waals surface area contributed by atoms with Crippen LogP contribution >= 0.6 is 34.2 Å². The van der Waals surface area contributed by atoms with Crippen LogP contribution in [0.15, 0.2) is 18.2 Å². The van der Waals surface area contributed by atoms with Gasteiger partial charge in [0.1, 0.15) is 0 Å². The van der Waals surface area contributed by atoms with Gasteiger partial charge in [0.25, 0.3) is 5.91 Å². The van der Waals surface area contributed by atoms with Crippen LogP contribution in [0.2, 0.25) is 5.02 Å². The van der Waals surface area contributed by atoms with Gasteiger partial charge in [0, 0.05) is 9.61 Å². The van der Waals surface area contributed by atoms with Gasteiger partial charge in [-0.2, -0.15) is 0 Å². The third-order valence-corrected chi connectivity index (χ3v) is 5.43. The monoisotopic (exact) mass is 391 g/mol. The van der Waals surface area contributed by atoms with Gasteiger partial charge in [-0.3, -0.25) is 4.79 Å². The summed E-state index contributed by atoms with van der Waals surface area (Å²) in [6, 6.07) is 5.81. The van der Waals surface area contributed by atoms with Crippen LogP contribution in [0.25, 0.3) is 0 Å². The molecule has 4 heteroatoms. The van der Waals surface area contributed by atoms with Gasteiger partial charge in [0.2, 0.25) is 0 Å². The summed E-state index contributed by atoms with van der Waals surface area (Å²) < 4.78 is 0.902. The average Bonchev–Trinajstić information content (AvgIpc) is 2.35. The number of hydrogen-bond acceptors (Lipinski definition) is 1. The minimum Gasteiger partial charge on any atom is -0.349 e. The van der Waals surface area contributed by atoms with Crippen molar-refractivity contribution in [3.8, 4) is 0 Å². The quantitative estimate of drug-likeness (QED) is 0.739. The van der Waals surface area contributed by atoms with Crippen LogP contribution in [-0.4, -0.2) is 11.9 Å². The molecule has 104 valence electrons. The molecule has 3 unspecified atom stereocenters. The lowest BCUT2D eigenvalue weighted by molar-refractivity contribution is 0.0890. The predicted octanol–water partition coefficient (Wildman–Crippen LogP) is 4.50. The molecule has 0 aromatic heterocycles. The zero-order chi connectivity index (χ0) is 14.0. The Balaban J connectivity index is 2.13. The number of rotatable bonds is 2. The minimum atomic E-state index is -0.0408. The van der Waals surface area contributed by atoms with Crippen LogP contribution < -0.4 is 5.32 Å². The Labute approximate surface area is 133 Å². The number of nitrogens with one attached hydrogen (secondary N) is 1. The molecule has 3 atom stereocenters. The molecule has 1 aliphatic rings. The lowest BCUT2D eigenvalue weighted by Gasteiger charge is -2.34. The number of carbonyl (C=O) groups excluding carboxylic acids is 1. The van der Waals surface area contributed by atoms with Gasteiger partial charge in [-0.25, -0.2) is 0 Å². The van der Waals surface area contributed by atoms with Crippen LogP contribution in [0, 0.1) is 15.4 Å². The molecule has 0 spiro atoms. The van der Waals surface area contributed by atoms with E-state index in [-0.39, 0.29) is 11.9 Å². The van der Waals surface area contributed by atoms with Crippen molar-refractivity contribution in [2.75, 3.05) is 0 Å². The predicted molar refractivity (Wildman–Crippen MR) is 87.6 cm³/mol. The maximum Gasteiger partial charge on any atom is 0.254 e. The SMILES string of the molecule is CC1CCCC(NC(=O)c2c(Cl)cccc2I)C1C. The van der Waals surface area contributed by atoms with E-state index in [1.807, 2.05) is 12.1 Å². The van der Waals surface area contributed by atoms with E-state index in [0.717, 1.165) is 9.99 Å². The van der Waals surface area contributed by atoms with Crippen LogP contribution in [0.4, 0.5) is 0 Å². The fraction of sp³-hybridized carbons (Fsp3) is 0.533. The van der Waals surface area contributed by atoms with E-state index in [0.29, 0.717) is 22.4 Å². The highest BCUT2D eigenvalue weighted by Crippen LogP contribution is 2.30. The minimum absolute atomic E-state index is 0.0408. The van der Waals surface area contributed by atoms with Crippen LogP contribution in [-0.2, 0) is 0 Å².